The van der Waals surface area contributed by atoms with Gasteiger partial charge >= 0.3 is 0 Å². The third kappa shape index (κ3) is 3.34. The number of hydrogen-bond acceptors (Lipinski definition) is 2. The summed E-state index contributed by atoms with van der Waals surface area (Å²) in [7, 11) is 0. The maximum Gasteiger partial charge on any atom is 0.0605 e. The minimum atomic E-state index is -0.155. The Labute approximate surface area is 180 Å². The Morgan fingerprint density at radius 2 is 1.52 bits per heavy atom. The van der Waals surface area contributed by atoms with E-state index in [9.17, 15) is 10.2 Å². The number of hydrogen-bond donors (Lipinski definition) is 2. The quantitative estimate of drug-likeness (QED) is 0.577. The topological polar surface area (TPSA) is 40.5 Å². The Hall–Kier alpha value is -0.0800. The van der Waals surface area contributed by atoms with Gasteiger partial charge in [-0.3, -0.25) is 0 Å². The molecule has 2 nitrogen and oxygen atoms in total. The molecular weight excluding hydrogens is 356 g/mol. The largest absolute Gasteiger partial charge is 0.393 e. The predicted octanol–water partition coefficient (Wildman–Crippen LogP) is 6.30. The molecule has 0 aliphatic heterocycles. The van der Waals surface area contributed by atoms with E-state index in [1.807, 2.05) is 0 Å². The maximum atomic E-state index is 11.8. The molecule has 0 heterocycles. The molecular formula is C27H48O2. The van der Waals surface area contributed by atoms with Gasteiger partial charge in [-0.2, -0.15) is 0 Å². The van der Waals surface area contributed by atoms with Crippen LogP contribution in [0.15, 0.2) is 0 Å². The van der Waals surface area contributed by atoms with Crippen molar-refractivity contribution in [3.63, 3.8) is 0 Å². The van der Waals surface area contributed by atoms with E-state index in [1.165, 1.54) is 38.5 Å². The van der Waals surface area contributed by atoms with Crippen molar-refractivity contribution in [3.8, 4) is 0 Å². The fourth-order valence-corrected chi connectivity index (χ4v) is 9.84. The molecule has 0 radical (unpaired) electrons. The van der Waals surface area contributed by atoms with Crippen LogP contribution in [0.1, 0.15) is 99.3 Å². The second-order valence-electron chi connectivity index (χ2n) is 12.7. The summed E-state index contributed by atoms with van der Waals surface area (Å²) < 4.78 is 0. The van der Waals surface area contributed by atoms with E-state index in [4.69, 9.17) is 0 Å². The van der Waals surface area contributed by atoms with E-state index in [2.05, 4.69) is 41.5 Å². The van der Waals surface area contributed by atoms with Crippen molar-refractivity contribution in [1.82, 2.24) is 0 Å². The Bertz CT molecular complexity index is 587. The molecule has 2 N–H and O–H groups in total. The first-order valence-electron chi connectivity index (χ1n) is 13.0. The average molecular weight is 405 g/mol. The van der Waals surface area contributed by atoms with Gasteiger partial charge in [-0.15, -0.1) is 0 Å². The van der Waals surface area contributed by atoms with Crippen LogP contribution in [0.3, 0.4) is 0 Å². The molecule has 0 aromatic heterocycles. The molecule has 2 heteroatoms. The first kappa shape index (κ1) is 22.1. The van der Waals surface area contributed by atoms with Crippen LogP contribution in [0.25, 0.3) is 0 Å². The minimum Gasteiger partial charge on any atom is -0.393 e. The first-order chi connectivity index (χ1) is 13.6. The standard InChI is InChI=1S/C27H48O2/c1-7-19-23-15-18(28)10-12-27(23,6)22-11-13-26(5)20(17(4)14-16(2)3)8-9-21(26)24(22)25(19)29/h16-25,28-29H,7-15H2,1-6H3/t17-,18-,19-,20-,21?,22?,23+,24?,25?,26-,27-/m1/s1. The molecule has 11 atom stereocenters. The Balaban J connectivity index is 1.65. The highest BCUT2D eigenvalue weighted by molar-refractivity contribution is 5.13. The molecule has 0 aromatic rings. The van der Waals surface area contributed by atoms with Crippen LogP contribution in [0.5, 0.6) is 0 Å². The van der Waals surface area contributed by atoms with Crippen molar-refractivity contribution in [1.29, 1.82) is 0 Å². The lowest BCUT2D eigenvalue weighted by molar-refractivity contribution is -0.203. The van der Waals surface area contributed by atoms with Gasteiger partial charge in [0.15, 0.2) is 0 Å². The van der Waals surface area contributed by atoms with Gasteiger partial charge in [-0.05, 0) is 110 Å². The van der Waals surface area contributed by atoms with Crippen LogP contribution in [0, 0.1) is 58.2 Å². The third-order valence-electron chi connectivity index (χ3n) is 11.0. The second-order valence-corrected chi connectivity index (χ2v) is 12.7. The van der Waals surface area contributed by atoms with Crippen LogP contribution < -0.4 is 0 Å². The lowest BCUT2D eigenvalue weighted by Gasteiger charge is -2.64. The monoisotopic (exact) mass is 404 g/mol. The lowest BCUT2D eigenvalue weighted by Crippen LogP contribution is -2.62. The smallest absolute Gasteiger partial charge is 0.0605 e. The van der Waals surface area contributed by atoms with Crippen LogP contribution in [0.4, 0.5) is 0 Å². The van der Waals surface area contributed by atoms with Gasteiger partial charge in [0.25, 0.3) is 0 Å². The zero-order valence-electron chi connectivity index (χ0n) is 20.0. The van der Waals surface area contributed by atoms with Crippen molar-refractivity contribution < 1.29 is 10.2 Å². The van der Waals surface area contributed by atoms with E-state index in [0.29, 0.717) is 40.4 Å². The summed E-state index contributed by atoms with van der Waals surface area (Å²) in [6.07, 6.45) is 10.5. The molecule has 168 valence electrons. The summed E-state index contributed by atoms with van der Waals surface area (Å²) in [4.78, 5) is 0. The zero-order valence-corrected chi connectivity index (χ0v) is 20.0. The van der Waals surface area contributed by atoms with E-state index >= 15 is 0 Å². The Morgan fingerprint density at radius 3 is 2.17 bits per heavy atom. The molecule has 29 heavy (non-hydrogen) atoms. The van der Waals surface area contributed by atoms with Gasteiger partial charge in [0.2, 0.25) is 0 Å². The molecule has 4 rings (SSSR count). The summed E-state index contributed by atoms with van der Waals surface area (Å²) in [6, 6.07) is 0. The molecule has 4 aliphatic carbocycles. The molecule has 4 unspecified atom stereocenters. The summed E-state index contributed by atoms with van der Waals surface area (Å²) >= 11 is 0. The Morgan fingerprint density at radius 1 is 0.862 bits per heavy atom. The van der Waals surface area contributed by atoms with Gasteiger partial charge in [-0.1, -0.05) is 48.0 Å². The van der Waals surface area contributed by atoms with Crippen LogP contribution in [-0.2, 0) is 0 Å². The Kier molecular flexibility index (Phi) is 5.95. The van der Waals surface area contributed by atoms with E-state index < -0.39 is 0 Å². The molecule has 0 spiro atoms. The summed E-state index contributed by atoms with van der Waals surface area (Å²) in [5.41, 5.74) is 0.749. The van der Waals surface area contributed by atoms with Crippen molar-refractivity contribution in [3.05, 3.63) is 0 Å². The van der Waals surface area contributed by atoms with Crippen molar-refractivity contribution >= 4 is 0 Å². The zero-order chi connectivity index (χ0) is 21.1. The normalized spacial score (nSPS) is 53.3. The van der Waals surface area contributed by atoms with Gasteiger partial charge in [0, 0.05) is 0 Å². The van der Waals surface area contributed by atoms with Gasteiger partial charge < -0.3 is 10.2 Å². The second kappa shape index (κ2) is 7.80. The van der Waals surface area contributed by atoms with Gasteiger partial charge in [-0.25, -0.2) is 0 Å². The molecule has 0 saturated heterocycles. The van der Waals surface area contributed by atoms with Crippen molar-refractivity contribution in [2.45, 2.75) is 112 Å². The van der Waals surface area contributed by atoms with Crippen molar-refractivity contribution in [2.24, 2.45) is 58.2 Å². The third-order valence-corrected chi connectivity index (χ3v) is 11.0. The molecule has 0 amide bonds. The fraction of sp³-hybridized carbons (Fsp3) is 1.00. The molecule has 4 aliphatic rings. The number of aliphatic hydroxyl groups excluding tert-OH is 2. The number of fused-ring (bicyclic) bond motifs is 5. The van der Waals surface area contributed by atoms with E-state index in [1.54, 1.807) is 0 Å². The average Bonchev–Trinajstić information content (AvgIpc) is 3.00. The first-order valence-corrected chi connectivity index (χ1v) is 13.0. The highest BCUT2D eigenvalue weighted by Gasteiger charge is 2.64. The highest BCUT2D eigenvalue weighted by Crippen LogP contribution is 2.69. The minimum absolute atomic E-state index is 0.146. The molecule has 0 bridgehead atoms. The number of aliphatic hydroxyl groups is 2. The van der Waals surface area contributed by atoms with E-state index in [-0.39, 0.29) is 12.2 Å². The highest BCUT2D eigenvalue weighted by atomic mass is 16.3. The SMILES string of the molecule is CC[C@H]1C(O)C2C3CC[C@H]([C@H](C)CC(C)C)[C@@]3(C)CCC2[C@@]2(C)CC[C@@H](O)C[C@@H]12. The van der Waals surface area contributed by atoms with Gasteiger partial charge in [0.1, 0.15) is 0 Å². The summed E-state index contributed by atoms with van der Waals surface area (Å²) in [5.74, 6) is 5.16. The molecule has 4 saturated carbocycles. The lowest BCUT2D eigenvalue weighted by atomic mass is 9.41. The maximum absolute atomic E-state index is 11.8. The van der Waals surface area contributed by atoms with Crippen LogP contribution in [0.2, 0.25) is 0 Å². The summed E-state index contributed by atoms with van der Waals surface area (Å²) in [6.45, 7) is 14.7. The summed E-state index contributed by atoms with van der Waals surface area (Å²) in [5, 5.41) is 22.2. The molecule has 0 aromatic carbocycles. The number of rotatable bonds is 4. The van der Waals surface area contributed by atoms with Crippen LogP contribution >= 0.6 is 0 Å². The van der Waals surface area contributed by atoms with Gasteiger partial charge in [0.05, 0.1) is 12.2 Å². The molecule has 4 fully saturated rings. The van der Waals surface area contributed by atoms with Crippen molar-refractivity contribution in [2.75, 3.05) is 0 Å². The predicted molar refractivity (Wildman–Crippen MR) is 120 cm³/mol. The van der Waals surface area contributed by atoms with Crippen LogP contribution in [-0.4, -0.2) is 22.4 Å². The fourth-order valence-electron chi connectivity index (χ4n) is 9.84. The van der Waals surface area contributed by atoms with E-state index in [0.717, 1.165) is 37.0 Å².